The van der Waals surface area contributed by atoms with Gasteiger partial charge in [-0.1, -0.05) is 6.07 Å². The molecule has 0 aromatic heterocycles. The number of carbonyl (C=O) groups excluding carboxylic acids is 2. The molecule has 2 aromatic carbocycles. The molecule has 31 heavy (non-hydrogen) atoms. The third-order valence-corrected chi connectivity index (χ3v) is 6.73. The summed E-state index contributed by atoms with van der Waals surface area (Å²) in [6, 6.07) is 11.3. The number of amides is 2. The molecular weight excluding hydrogens is 422 g/mol. The van der Waals surface area contributed by atoms with E-state index < -0.39 is 22.5 Å². The Balaban J connectivity index is 1.51. The zero-order chi connectivity index (χ0) is 22.0. The number of hydrogen-bond acceptors (Lipinski definition) is 6. The fraction of sp³-hybridized carbons (Fsp3) is 0.333. The molecule has 9 nitrogen and oxygen atoms in total. The number of likely N-dealkylation sites (tertiary alicyclic amines) is 1. The summed E-state index contributed by atoms with van der Waals surface area (Å²) in [7, 11) is -3.88. The van der Waals surface area contributed by atoms with Gasteiger partial charge in [0.25, 0.3) is 5.91 Å². The van der Waals surface area contributed by atoms with Crippen LogP contribution in [0.5, 0.6) is 11.5 Å². The molecule has 3 N–H and O–H groups in total. The van der Waals surface area contributed by atoms with Crippen LogP contribution in [0.15, 0.2) is 47.4 Å². The maximum absolute atomic E-state index is 13.1. The molecule has 2 amide bonds. The summed E-state index contributed by atoms with van der Waals surface area (Å²) in [5, 5.41) is 0. The SMILES string of the molecule is NC(=O)CNS(=O)(=O)c1ccc(C(=O)N2CCC[C@H]2c2ccc3c(c2)OCCO3)cc1. The van der Waals surface area contributed by atoms with E-state index in [1.165, 1.54) is 24.3 Å². The van der Waals surface area contributed by atoms with E-state index in [0.717, 1.165) is 18.4 Å². The lowest BCUT2D eigenvalue weighted by molar-refractivity contribution is -0.116. The Kier molecular flexibility index (Phi) is 5.84. The topological polar surface area (TPSA) is 128 Å². The van der Waals surface area contributed by atoms with Gasteiger partial charge in [0.1, 0.15) is 13.2 Å². The average molecular weight is 445 g/mol. The number of nitrogens with zero attached hydrogens (tertiary/aromatic N) is 1. The van der Waals surface area contributed by atoms with Gasteiger partial charge in [-0.25, -0.2) is 13.1 Å². The number of hydrogen-bond donors (Lipinski definition) is 2. The van der Waals surface area contributed by atoms with E-state index >= 15 is 0 Å². The minimum absolute atomic E-state index is 0.0462. The fourth-order valence-corrected chi connectivity index (χ4v) is 4.81. The van der Waals surface area contributed by atoms with Gasteiger partial charge in [-0.3, -0.25) is 9.59 Å². The van der Waals surface area contributed by atoms with Crippen LogP contribution in [-0.2, 0) is 14.8 Å². The predicted octanol–water partition coefficient (Wildman–Crippen LogP) is 1.20. The fourth-order valence-electron chi connectivity index (χ4n) is 3.82. The summed E-state index contributed by atoms with van der Waals surface area (Å²) >= 11 is 0. The second kappa shape index (κ2) is 8.56. The molecule has 2 aliphatic heterocycles. The molecule has 0 spiro atoms. The summed E-state index contributed by atoms with van der Waals surface area (Å²) in [6.45, 7) is 1.13. The number of rotatable bonds is 6. The van der Waals surface area contributed by atoms with Crippen LogP contribution >= 0.6 is 0 Å². The Bertz CT molecular complexity index is 1100. The van der Waals surface area contributed by atoms with Gasteiger partial charge in [0.15, 0.2) is 11.5 Å². The highest BCUT2D eigenvalue weighted by atomic mass is 32.2. The van der Waals surface area contributed by atoms with Crippen molar-refractivity contribution in [3.63, 3.8) is 0 Å². The predicted molar refractivity (Wildman–Crippen MR) is 111 cm³/mol. The molecule has 1 fully saturated rings. The Morgan fingerprint density at radius 2 is 1.77 bits per heavy atom. The number of fused-ring (bicyclic) bond motifs is 1. The smallest absolute Gasteiger partial charge is 0.254 e. The maximum Gasteiger partial charge on any atom is 0.254 e. The average Bonchev–Trinajstić information content (AvgIpc) is 3.27. The van der Waals surface area contributed by atoms with Gasteiger partial charge in [-0.2, -0.15) is 0 Å². The van der Waals surface area contributed by atoms with E-state index in [0.29, 0.717) is 36.8 Å². The Labute approximate surface area is 180 Å². The zero-order valence-electron chi connectivity index (χ0n) is 16.7. The maximum atomic E-state index is 13.1. The molecule has 0 aliphatic carbocycles. The second-order valence-electron chi connectivity index (χ2n) is 7.37. The van der Waals surface area contributed by atoms with Gasteiger partial charge in [-0.15, -0.1) is 0 Å². The number of nitrogens with two attached hydrogens (primary N) is 1. The number of nitrogens with one attached hydrogen (secondary N) is 1. The van der Waals surface area contributed by atoms with Crippen molar-refractivity contribution < 1.29 is 27.5 Å². The van der Waals surface area contributed by atoms with E-state index in [1.54, 1.807) is 4.90 Å². The lowest BCUT2D eigenvalue weighted by Gasteiger charge is -2.27. The lowest BCUT2D eigenvalue weighted by Crippen LogP contribution is -2.33. The molecule has 164 valence electrons. The first-order valence-corrected chi connectivity index (χ1v) is 11.4. The van der Waals surface area contributed by atoms with E-state index in [1.807, 2.05) is 18.2 Å². The van der Waals surface area contributed by atoms with Crippen molar-refractivity contribution >= 4 is 21.8 Å². The van der Waals surface area contributed by atoms with Crippen molar-refractivity contribution in [2.24, 2.45) is 5.73 Å². The van der Waals surface area contributed by atoms with Gasteiger partial charge in [0, 0.05) is 12.1 Å². The van der Waals surface area contributed by atoms with Crippen molar-refractivity contribution in [3.05, 3.63) is 53.6 Å². The molecule has 2 heterocycles. The van der Waals surface area contributed by atoms with Crippen LogP contribution in [0.1, 0.15) is 34.8 Å². The lowest BCUT2D eigenvalue weighted by atomic mass is 10.0. The largest absolute Gasteiger partial charge is 0.486 e. The number of primary amides is 1. The molecule has 1 saturated heterocycles. The highest BCUT2D eigenvalue weighted by Crippen LogP contribution is 2.38. The first-order chi connectivity index (χ1) is 14.8. The minimum atomic E-state index is -3.88. The molecule has 1 atom stereocenters. The summed E-state index contributed by atoms with van der Waals surface area (Å²) in [5.41, 5.74) is 6.34. The normalized spacial score (nSPS) is 18.1. The first-order valence-electron chi connectivity index (χ1n) is 9.94. The van der Waals surface area contributed by atoms with Gasteiger partial charge >= 0.3 is 0 Å². The van der Waals surface area contributed by atoms with E-state index in [-0.39, 0.29) is 16.8 Å². The van der Waals surface area contributed by atoms with Crippen molar-refractivity contribution in [1.82, 2.24) is 9.62 Å². The molecule has 2 aromatic rings. The van der Waals surface area contributed by atoms with E-state index in [4.69, 9.17) is 15.2 Å². The van der Waals surface area contributed by atoms with E-state index in [2.05, 4.69) is 4.72 Å². The van der Waals surface area contributed by atoms with Crippen LogP contribution < -0.4 is 19.9 Å². The van der Waals surface area contributed by atoms with Crippen molar-refractivity contribution in [3.8, 4) is 11.5 Å². The molecule has 2 aliphatic rings. The number of sulfonamides is 1. The van der Waals surface area contributed by atoms with Crippen LogP contribution in [0, 0.1) is 0 Å². The van der Waals surface area contributed by atoms with Gasteiger partial charge in [0.2, 0.25) is 15.9 Å². The zero-order valence-corrected chi connectivity index (χ0v) is 17.6. The van der Waals surface area contributed by atoms with Crippen LogP contribution in [0.2, 0.25) is 0 Å². The molecule has 10 heteroatoms. The molecular formula is C21H23N3O6S. The van der Waals surface area contributed by atoms with Gasteiger partial charge < -0.3 is 20.1 Å². The third-order valence-electron chi connectivity index (χ3n) is 5.31. The van der Waals surface area contributed by atoms with Crippen LogP contribution in [0.25, 0.3) is 0 Å². The highest BCUT2D eigenvalue weighted by molar-refractivity contribution is 7.89. The first kappa shape index (κ1) is 21.1. The molecule has 0 bridgehead atoms. The number of benzene rings is 2. The Morgan fingerprint density at radius 1 is 1.06 bits per heavy atom. The highest BCUT2D eigenvalue weighted by Gasteiger charge is 2.31. The molecule has 4 rings (SSSR count). The van der Waals surface area contributed by atoms with Crippen molar-refractivity contribution in [2.45, 2.75) is 23.8 Å². The third kappa shape index (κ3) is 4.49. The number of ether oxygens (including phenoxy) is 2. The minimum Gasteiger partial charge on any atom is -0.486 e. The second-order valence-corrected chi connectivity index (χ2v) is 9.14. The standard InChI is InChI=1S/C21H23N3O6S/c22-20(25)13-23-31(27,28)16-6-3-14(4-7-16)21(26)24-9-1-2-17(24)15-5-8-18-19(12-15)30-11-10-29-18/h3-8,12,17,23H,1-2,9-11,13H2,(H2,22,25)/t17-/m0/s1. The monoisotopic (exact) mass is 445 g/mol. The van der Waals surface area contributed by atoms with Gasteiger partial charge in [0.05, 0.1) is 17.5 Å². The Hall–Kier alpha value is -3.11. The van der Waals surface area contributed by atoms with Crippen LogP contribution in [0.3, 0.4) is 0 Å². The molecule has 0 unspecified atom stereocenters. The van der Waals surface area contributed by atoms with E-state index in [9.17, 15) is 18.0 Å². The van der Waals surface area contributed by atoms with Crippen LogP contribution in [-0.4, -0.2) is 51.4 Å². The van der Waals surface area contributed by atoms with Crippen molar-refractivity contribution in [1.29, 1.82) is 0 Å². The summed E-state index contributed by atoms with van der Waals surface area (Å²) in [6.07, 6.45) is 1.70. The summed E-state index contributed by atoms with van der Waals surface area (Å²) in [5.74, 6) is 0.426. The number of carbonyl (C=O) groups is 2. The Morgan fingerprint density at radius 3 is 2.48 bits per heavy atom. The summed E-state index contributed by atoms with van der Waals surface area (Å²) < 4.78 is 37.7. The van der Waals surface area contributed by atoms with Crippen LogP contribution in [0.4, 0.5) is 0 Å². The molecule has 0 radical (unpaired) electrons. The quantitative estimate of drug-likeness (QED) is 0.688. The molecule has 0 saturated carbocycles. The van der Waals surface area contributed by atoms with Crippen molar-refractivity contribution in [2.75, 3.05) is 26.3 Å². The van der Waals surface area contributed by atoms with Gasteiger partial charge in [-0.05, 0) is 54.8 Å². The summed E-state index contributed by atoms with van der Waals surface area (Å²) in [4.78, 5) is 25.7.